The lowest BCUT2D eigenvalue weighted by Crippen LogP contribution is -2.41. The Morgan fingerprint density at radius 3 is 2.48 bits per heavy atom. The van der Waals surface area contributed by atoms with Crippen LogP contribution in [0.3, 0.4) is 0 Å². The standard InChI is InChI=1S/C21H25BrN2O4S/c1-2-28-20-8-6-19(7-9-20)23-21(25)17-10-12-24(13-11-17)29(26,27)15-16-4-3-5-18(22)14-16/h3-9,14,17H,2,10-13,15H2,1H3,(H,23,25). The molecule has 2 aromatic rings. The number of carbonyl (C=O) groups excluding carboxylic acids is 1. The summed E-state index contributed by atoms with van der Waals surface area (Å²) in [6.45, 7) is 3.23. The van der Waals surface area contributed by atoms with Gasteiger partial charge in [-0.3, -0.25) is 4.79 Å². The molecule has 29 heavy (non-hydrogen) atoms. The molecule has 156 valence electrons. The molecule has 1 aliphatic heterocycles. The third-order valence-corrected chi connectivity index (χ3v) is 7.23. The number of benzene rings is 2. The molecule has 0 aromatic heterocycles. The highest BCUT2D eigenvalue weighted by Crippen LogP contribution is 2.24. The van der Waals surface area contributed by atoms with E-state index in [4.69, 9.17) is 4.74 Å². The molecule has 0 bridgehead atoms. The quantitative estimate of drug-likeness (QED) is 0.648. The fourth-order valence-electron chi connectivity index (χ4n) is 3.37. The first-order chi connectivity index (χ1) is 13.9. The summed E-state index contributed by atoms with van der Waals surface area (Å²) in [6, 6.07) is 14.6. The van der Waals surface area contributed by atoms with Crippen LogP contribution in [0.15, 0.2) is 53.0 Å². The van der Waals surface area contributed by atoms with Crippen molar-refractivity contribution in [1.82, 2.24) is 4.31 Å². The first kappa shape index (κ1) is 21.8. The SMILES string of the molecule is CCOc1ccc(NC(=O)C2CCN(S(=O)(=O)Cc3cccc(Br)c3)CC2)cc1. The van der Waals surface area contributed by atoms with Crippen LogP contribution in [0, 0.1) is 5.92 Å². The first-order valence-corrected chi connectivity index (χ1v) is 12.0. The van der Waals surface area contributed by atoms with Gasteiger partial charge in [-0.2, -0.15) is 0 Å². The van der Waals surface area contributed by atoms with Gasteiger partial charge >= 0.3 is 0 Å². The highest BCUT2D eigenvalue weighted by Gasteiger charge is 2.31. The Kier molecular flexibility index (Phi) is 7.32. The Balaban J connectivity index is 1.53. The summed E-state index contributed by atoms with van der Waals surface area (Å²) in [5.74, 6) is 0.460. The summed E-state index contributed by atoms with van der Waals surface area (Å²) < 4.78 is 33.2. The molecule has 8 heteroatoms. The molecule has 1 heterocycles. The van der Waals surface area contributed by atoms with Crippen molar-refractivity contribution in [2.24, 2.45) is 5.92 Å². The van der Waals surface area contributed by atoms with Gasteiger partial charge in [-0.05, 0) is 61.7 Å². The van der Waals surface area contributed by atoms with E-state index in [1.54, 1.807) is 18.2 Å². The number of piperidine rings is 1. The molecule has 1 saturated heterocycles. The third kappa shape index (κ3) is 6.04. The van der Waals surface area contributed by atoms with Crippen LogP contribution in [0.2, 0.25) is 0 Å². The number of carbonyl (C=O) groups is 1. The molecule has 0 aliphatic carbocycles. The number of nitrogens with zero attached hydrogens (tertiary/aromatic N) is 1. The van der Waals surface area contributed by atoms with Gasteiger partial charge in [0.25, 0.3) is 0 Å². The number of halogens is 1. The van der Waals surface area contributed by atoms with Crippen molar-refractivity contribution in [1.29, 1.82) is 0 Å². The van der Waals surface area contributed by atoms with Crippen molar-refractivity contribution in [2.75, 3.05) is 25.0 Å². The molecule has 2 aromatic carbocycles. The van der Waals surface area contributed by atoms with E-state index in [0.717, 1.165) is 15.8 Å². The number of ether oxygens (including phenoxy) is 1. The Hall–Kier alpha value is -1.90. The second-order valence-corrected chi connectivity index (χ2v) is 9.89. The van der Waals surface area contributed by atoms with E-state index in [-0.39, 0.29) is 17.6 Å². The second kappa shape index (κ2) is 9.73. The topological polar surface area (TPSA) is 75.7 Å². The minimum absolute atomic E-state index is 0.0323. The first-order valence-electron chi connectivity index (χ1n) is 9.63. The van der Waals surface area contributed by atoms with Gasteiger partial charge in [-0.15, -0.1) is 0 Å². The van der Waals surface area contributed by atoms with E-state index in [9.17, 15) is 13.2 Å². The Morgan fingerprint density at radius 2 is 1.86 bits per heavy atom. The highest BCUT2D eigenvalue weighted by molar-refractivity contribution is 9.10. The molecule has 0 atom stereocenters. The molecule has 1 fully saturated rings. The summed E-state index contributed by atoms with van der Waals surface area (Å²) in [5.41, 5.74) is 1.46. The van der Waals surface area contributed by atoms with E-state index in [0.29, 0.717) is 38.2 Å². The molecule has 0 spiro atoms. The van der Waals surface area contributed by atoms with E-state index < -0.39 is 10.0 Å². The predicted molar refractivity (Wildman–Crippen MR) is 117 cm³/mol. The van der Waals surface area contributed by atoms with Crippen molar-refractivity contribution in [2.45, 2.75) is 25.5 Å². The van der Waals surface area contributed by atoms with Gasteiger partial charge in [0, 0.05) is 29.2 Å². The zero-order chi connectivity index (χ0) is 20.9. The normalized spacial score (nSPS) is 15.8. The largest absolute Gasteiger partial charge is 0.494 e. The minimum Gasteiger partial charge on any atom is -0.494 e. The lowest BCUT2D eigenvalue weighted by Gasteiger charge is -2.30. The van der Waals surface area contributed by atoms with E-state index in [2.05, 4.69) is 21.2 Å². The smallest absolute Gasteiger partial charge is 0.227 e. The molecular formula is C21H25BrN2O4S. The Bertz CT molecular complexity index is 939. The number of nitrogens with one attached hydrogen (secondary N) is 1. The third-order valence-electron chi connectivity index (χ3n) is 4.89. The van der Waals surface area contributed by atoms with E-state index >= 15 is 0 Å². The number of amides is 1. The van der Waals surface area contributed by atoms with Crippen molar-refractivity contribution in [3.05, 3.63) is 58.6 Å². The fraction of sp³-hybridized carbons (Fsp3) is 0.381. The fourth-order valence-corrected chi connectivity index (χ4v) is 5.37. The molecule has 1 amide bonds. The maximum absolute atomic E-state index is 12.7. The van der Waals surface area contributed by atoms with Crippen molar-refractivity contribution in [3.8, 4) is 5.75 Å². The summed E-state index contributed by atoms with van der Waals surface area (Å²) in [7, 11) is -3.40. The van der Waals surface area contributed by atoms with Gasteiger partial charge in [0.1, 0.15) is 5.75 Å². The molecule has 0 unspecified atom stereocenters. The minimum atomic E-state index is -3.40. The van der Waals surface area contributed by atoms with Gasteiger partial charge in [0.05, 0.1) is 12.4 Å². The van der Waals surface area contributed by atoms with Crippen LogP contribution < -0.4 is 10.1 Å². The zero-order valence-corrected chi connectivity index (χ0v) is 18.7. The monoisotopic (exact) mass is 480 g/mol. The lowest BCUT2D eigenvalue weighted by molar-refractivity contribution is -0.120. The van der Waals surface area contributed by atoms with Crippen molar-refractivity contribution in [3.63, 3.8) is 0 Å². The molecule has 1 aliphatic rings. The van der Waals surface area contributed by atoms with Gasteiger partial charge < -0.3 is 10.1 Å². The molecule has 0 radical (unpaired) electrons. The predicted octanol–water partition coefficient (Wildman–Crippen LogP) is 4.03. The Morgan fingerprint density at radius 1 is 1.17 bits per heavy atom. The maximum atomic E-state index is 12.7. The molecule has 0 saturated carbocycles. The maximum Gasteiger partial charge on any atom is 0.227 e. The van der Waals surface area contributed by atoms with Gasteiger partial charge in [-0.25, -0.2) is 12.7 Å². The second-order valence-electron chi connectivity index (χ2n) is 7.01. The molecule has 3 rings (SSSR count). The van der Waals surface area contributed by atoms with E-state index in [1.165, 1.54) is 4.31 Å². The van der Waals surface area contributed by atoms with Gasteiger partial charge in [-0.1, -0.05) is 28.1 Å². The number of hydrogen-bond acceptors (Lipinski definition) is 4. The number of rotatable bonds is 7. The summed E-state index contributed by atoms with van der Waals surface area (Å²) >= 11 is 3.37. The molecule has 6 nitrogen and oxygen atoms in total. The van der Waals surface area contributed by atoms with Crippen LogP contribution >= 0.6 is 15.9 Å². The lowest BCUT2D eigenvalue weighted by atomic mass is 9.97. The Labute approximate surface area is 180 Å². The molecular weight excluding hydrogens is 456 g/mol. The molecule has 1 N–H and O–H groups in total. The number of hydrogen-bond donors (Lipinski definition) is 1. The number of sulfonamides is 1. The number of anilines is 1. The average Bonchev–Trinajstić information content (AvgIpc) is 2.69. The van der Waals surface area contributed by atoms with Crippen LogP contribution in [0.1, 0.15) is 25.3 Å². The van der Waals surface area contributed by atoms with Gasteiger partial charge in [0.15, 0.2) is 0 Å². The van der Waals surface area contributed by atoms with Crippen LogP contribution in [-0.2, 0) is 20.6 Å². The van der Waals surface area contributed by atoms with Gasteiger partial charge in [0.2, 0.25) is 15.9 Å². The van der Waals surface area contributed by atoms with Crippen LogP contribution in [0.25, 0.3) is 0 Å². The van der Waals surface area contributed by atoms with Crippen molar-refractivity contribution >= 4 is 37.5 Å². The summed E-state index contributed by atoms with van der Waals surface area (Å²) in [5, 5.41) is 2.91. The summed E-state index contributed by atoms with van der Waals surface area (Å²) in [4.78, 5) is 12.5. The van der Waals surface area contributed by atoms with Crippen LogP contribution in [0.5, 0.6) is 5.75 Å². The van der Waals surface area contributed by atoms with Crippen molar-refractivity contribution < 1.29 is 17.9 Å². The highest BCUT2D eigenvalue weighted by atomic mass is 79.9. The average molecular weight is 481 g/mol. The van der Waals surface area contributed by atoms with Crippen LogP contribution in [0.4, 0.5) is 5.69 Å². The zero-order valence-electron chi connectivity index (χ0n) is 16.3. The summed E-state index contributed by atoms with van der Waals surface area (Å²) in [6.07, 6.45) is 1.03. The van der Waals surface area contributed by atoms with Crippen LogP contribution in [-0.4, -0.2) is 38.3 Å². The van der Waals surface area contributed by atoms with E-state index in [1.807, 2.05) is 37.3 Å².